The predicted octanol–water partition coefficient (Wildman–Crippen LogP) is 7.04. The third-order valence-corrected chi connectivity index (χ3v) is 12.3. The molecule has 1 aliphatic rings. The van der Waals surface area contributed by atoms with Crippen molar-refractivity contribution in [3.8, 4) is 0 Å². The van der Waals surface area contributed by atoms with Crippen LogP contribution in [0.3, 0.4) is 0 Å². The lowest BCUT2D eigenvalue weighted by Gasteiger charge is -2.22. The van der Waals surface area contributed by atoms with Crippen LogP contribution in [-0.4, -0.2) is 25.4 Å². The monoisotopic (exact) mass is 562 g/mol. The second-order valence-corrected chi connectivity index (χ2v) is 14.7. The summed E-state index contributed by atoms with van der Waals surface area (Å²) in [5.41, 5.74) is 2.78. The summed E-state index contributed by atoms with van der Waals surface area (Å²) < 4.78 is 0. The summed E-state index contributed by atoms with van der Waals surface area (Å²) in [6, 6.07) is 42.0. The molecule has 0 aliphatic heterocycles. The number of nitrogens with one attached hydrogen (secondary N) is 2. The molecule has 2 N–H and O–H groups in total. The van der Waals surface area contributed by atoms with Crippen molar-refractivity contribution in [2.75, 3.05) is 25.4 Å². The van der Waals surface area contributed by atoms with Gasteiger partial charge in [-0.2, -0.15) is 0 Å². The summed E-state index contributed by atoms with van der Waals surface area (Å²) in [7, 11) is -0.682. The SMILES string of the molecule is C1=CC(P(CCNCc2ccccc2CNCCP(c2ccccc2)c2ccccc2)c2ccccc2)=CCC1. The fourth-order valence-corrected chi connectivity index (χ4v) is 9.79. The molecule has 4 aromatic carbocycles. The van der Waals surface area contributed by atoms with E-state index in [-0.39, 0.29) is 15.8 Å². The van der Waals surface area contributed by atoms with E-state index in [4.69, 9.17) is 0 Å². The minimum Gasteiger partial charge on any atom is -0.312 e. The molecule has 0 radical (unpaired) electrons. The first-order valence-corrected chi connectivity index (χ1v) is 17.5. The number of benzene rings is 4. The van der Waals surface area contributed by atoms with Gasteiger partial charge in [0, 0.05) is 13.1 Å². The zero-order valence-electron chi connectivity index (χ0n) is 23.3. The fourth-order valence-electron chi connectivity index (χ4n) is 5.17. The maximum atomic E-state index is 3.77. The highest BCUT2D eigenvalue weighted by molar-refractivity contribution is 7.73. The first-order chi connectivity index (χ1) is 19.9. The van der Waals surface area contributed by atoms with E-state index in [0.717, 1.165) is 32.3 Å². The Hall–Kier alpha value is -2.86. The van der Waals surface area contributed by atoms with E-state index in [2.05, 4.69) is 144 Å². The molecule has 0 spiro atoms. The van der Waals surface area contributed by atoms with E-state index in [0.29, 0.717) is 0 Å². The molecule has 5 rings (SSSR count). The van der Waals surface area contributed by atoms with Gasteiger partial charge in [0.15, 0.2) is 0 Å². The lowest BCUT2D eigenvalue weighted by atomic mass is 10.1. The largest absolute Gasteiger partial charge is 0.312 e. The van der Waals surface area contributed by atoms with Crippen LogP contribution in [0.25, 0.3) is 0 Å². The second kappa shape index (κ2) is 15.8. The topological polar surface area (TPSA) is 24.1 Å². The van der Waals surface area contributed by atoms with Crippen LogP contribution in [0.4, 0.5) is 0 Å². The van der Waals surface area contributed by atoms with Gasteiger partial charge < -0.3 is 10.6 Å². The Labute approximate surface area is 243 Å². The van der Waals surface area contributed by atoms with Gasteiger partial charge in [-0.3, -0.25) is 0 Å². The Morgan fingerprint density at radius 1 is 0.500 bits per heavy atom. The molecule has 0 amide bonds. The highest BCUT2D eigenvalue weighted by Crippen LogP contribution is 2.45. The number of allylic oxidation sites excluding steroid dienone is 4. The Kier molecular flexibility index (Phi) is 11.3. The summed E-state index contributed by atoms with van der Waals surface area (Å²) in [4.78, 5) is 0. The zero-order chi connectivity index (χ0) is 27.2. The van der Waals surface area contributed by atoms with Crippen molar-refractivity contribution >= 4 is 31.8 Å². The van der Waals surface area contributed by atoms with E-state index in [1.807, 2.05) is 0 Å². The molecule has 0 fully saturated rings. The van der Waals surface area contributed by atoms with Gasteiger partial charge >= 0.3 is 0 Å². The molecule has 0 aromatic heterocycles. The number of rotatable bonds is 14. The zero-order valence-corrected chi connectivity index (χ0v) is 25.0. The Bertz CT molecular complexity index is 1310. The summed E-state index contributed by atoms with van der Waals surface area (Å²) >= 11 is 0. The van der Waals surface area contributed by atoms with Crippen molar-refractivity contribution in [1.82, 2.24) is 10.6 Å². The standard InChI is InChI=1S/C36H40N2P2/c1-5-17-33(18-6-1)39(34-19-7-2-8-20-34)27-25-37-29-31-15-13-14-16-32(31)30-38-26-28-40(35-21-9-3-10-22-35)36-23-11-4-12-24-36/h1-3,5-11,13-24,37-38H,4,12,25-30H2. The van der Waals surface area contributed by atoms with E-state index in [1.165, 1.54) is 51.4 Å². The molecular formula is C36H40N2P2. The molecule has 2 nitrogen and oxygen atoms in total. The maximum absolute atomic E-state index is 3.77. The van der Waals surface area contributed by atoms with Crippen LogP contribution in [0.5, 0.6) is 0 Å². The molecule has 0 bridgehead atoms. The van der Waals surface area contributed by atoms with Crippen LogP contribution in [0.1, 0.15) is 24.0 Å². The molecule has 0 saturated carbocycles. The average molecular weight is 563 g/mol. The molecule has 0 heterocycles. The first kappa shape index (κ1) is 28.7. The van der Waals surface area contributed by atoms with E-state index in [9.17, 15) is 0 Å². The minimum absolute atomic E-state index is 0.317. The van der Waals surface area contributed by atoms with Crippen molar-refractivity contribution in [3.63, 3.8) is 0 Å². The molecule has 1 aliphatic carbocycles. The van der Waals surface area contributed by atoms with E-state index in [1.54, 1.807) is 0 Å². The van der Waals surface area contributed by atoms with Gasteiger partial charge in [-0.25, -0.2) is 0 Å². The Morgan fingerprint density at radius 2 is 0.950 bits per heavy atom. The lowest BCUT2D eigenvalue weighted by molar-refractivity contribution is 0.693. The van der Waals surface area contributed by atoms with Crippen LogP contribution >= 0.6 is 15.8 Å². The van der Waals surface area contributed by atoms with Crippen molar-refractivity contribution in [1.29, 1.82) is 0 Å². The Morgan fingerprint density at radius 3 is 1.43 bits per heavy atom. The van der Waals surface area contributed by atoms with Gasteiger partial charge in [0.2, 0.25) is 0 Å². The molecular weight excluding hydrogens is 522 g/mol. The molecule has 1 unspecified atom stereocenters. The van der Waals surface area contributed by atoms with Gasteiger partial charge in [-0.1, -0.05) is 133 Å². The Balaban J connectivity index is 1.14. The summed E-state index contributed by atoms with van der Waals surface area (Å²) in [5.74, 6) is 0. The van der Waals surface area contributed by atoms with Gasteiger partial charge in [0.05, 0.1) is 0 Å². The van der Waals surface area contributed by atoms with Crippen LogP contribution in [0.2, 0.25) is 0 Å². The predicted molar refractivity (Wildman–Crippen MR) is 178 cm³/mol. The summed E-state index contributed by atoms with van der Waals surface area (Å²) in [6.07, 6.45) is 11.8. The summed E-state index contributed by atoms with van der Waals surface area (Å²) in [5, 5.41) is 13.4. The molecule has 0 saturated heterocycles. The highest BCUT2D eigenvalue weighted by Gasteiger charge is 2.16. The van der Waals surface area contributed by atoms with E-state index >= 15 is 0 Å². The van der Waals surface area contributed by atoms with Crippen LogP contribution < -0.4 is 26.5 Å². The van der Waals surface area contributed by atoms with Crippen molar-refractivity contribution in [2.45, 2.75) is 25.9 Å². The van der Waals surface area contributed by atoms with Crippen LogP contribution in [0, 0.1) is 0 Å². The maximum Gasteiger partial charge on any atom is 0.0208 e. The van der Waals surface area contributed by atoms with Gasteiger partial charge in [0.25, 0.3) is 0 Å². The molecule has 1 atom stereocenters. The molecule has 40 heavy (non-hydrogen) atoms. The van der Waals surface area contributed by atoms with Gasteiger partial charge in [0.1, 0.15) is 0 Å². The van der Waals surface area contributed by atoms with Crippen molar-refractivity contribution in [2.24, 2.45) is 0 Å². The fraction of sp³-hybridized carbons (Fsp3) is 0.222. The third kappa shape index (κ3) is 8.33. The number of hydrogen-bond donors (Lipinski definition) is 2. The third-order valence-electron chi connectivity index (χ3n) is 7.26. The van der Waals surface area contributed by atoms with E-state index < -0.39 is 0 Å². The number of hydrogen-bond acceptors (Lipinski definition) is 2. The first-order valence-electron chi connectivity index (χ1n) is 14.4. The highest BCUT2D eigenvalue weighted by atomic mass is 31.1. The van der Waals surface area contributed by atoms with Crippen LogP contribution in [0.15, 0.2) is 139 Å². The van der Waals surface area contributed by atoms with Crippen molar-refractivity contribution < 1.29 is 0 Å². The minimum atomic E-state index is -0.365. The quantitative estimate of drug-likeness (QED) is 0.127. The summed E-state index contributed by atoms with van der Waals surface area (Å²) in [6.45, 7) is 3.83. The van der Waals surface area contributed by atoms with Gasteiger partial charge in [-0.15, -0.1) is 0 Å². The molecule has 4 aromatic rings. The lowest BCUT2D eigenvalue weighted by Crippen LogP contribution is -2.24. The molecule has 4 heteroatoms. The normalized spacial score (nSPS) is 13.8. The van der Waals surface area contributed by atoms with Gasteiger partial charge in [-0.05, 0) is 86.5 Å². The average Bonchev–Trinajstić information content (AvgIpc) is 3.03. The molecule has 204 valence electrons. The van der Waals surface area contributed by atoms with Crippen LogP contribution in [-0.2, 0) is 13.1 Å². The smallest absolute Gasteiger partial charge is 0.0208 e. The second-order valence-electron chi connectivity index (χ2n) is 10.0. The van der Waals surface area contributed by atoms with Crippen molar-refractivity contribution in [3.05, 3.63) is 150 Å².